The van der Waals surface area contributed by atoms with Gasteiger partial charge in [0.25, 0.3) is 19.9 Å². The van der Waals surface area contributed by atoms with Crippen molar-refractivity contribution < 1.29 is 39.9 Å². The van der Waals surface area contributed by atoms with Crippen molar-refractivity contribution in [3.63, 3.8) is 0 Å². The van der Waals surface area contributed by atoms with E-state index in [2.05, 4.69) is 36.2 Å². The van der Waals surface area contributed by atoms with Gasteiger partial charge in [-0.15, -0.1) is 11.8 Å². The standard InChI is InChI=1S/C54H60ClF3N6O6S3/c1-36(2)64-38(4)50(53(65)66)51(52(64)39-13-15-41(55)16-14-39)40-9-8-10-45(33-40)63-31-29-62(30-32-63)44-19-17-42(18-20-44)60-73(69,70)47-21-22-48(49(34-47)72(67,68)54(56,57)58)59-43(35-71-46-11-6-5-7-12-46)25-28-61-26-23-37(3)24-27-61/h5-22,33-34,36-37,43,59-60H,23-32,35H2,1-4H3,(H,65,66)/t43-/m1/s1. The molecule has 1 atom stereocenters. The first-order valence-corrected chi connectivity index (χ1v) is 28.6. The molecule has 0 amide bonds. The van der Waals surface area contributed by atoms with Gasteiger partial charge in [-0.2, -0.15) is 13.2 Å². The number of hydrogen-bond acceptors (Lipinski definition) is 10. The minimum atomic E-state index is -6.00. The fourth-order valence-electron chi connectivity index (χ4n) is 9.71. The maximum Gasteiger partial charge on any atom is 0.501 e. The summed E-state index contributed by atoms with van der Waals surface area (Å²) in [5.41, 5.74) is -0.226. The van der Waals surface area contributed by atoms with Crippen molar-refractivity contribution in [2.45, 2.75) is 79.2 Å². The van der Waals surface area contributed by atoms with Crippen LogP contribution in [0.5, 0.6) is 0 Å². The lowest BCUT2D eigenvalue weighted by Gasteiger charge is -2.37. The van der Waals surface area contributed by atoms with Crippen LogP contribution in [-0.4, -0.2) is 100 Å². The van der Waals surface area contributed by atoms with Crippen LogP contribution in [0.4, 0.5) is 35.9 Å². The molecule has 8 rings (SSSR count). The number of sulfone groups is 1. The van der Waals surface area contributed by atoms with E-state index < -0.39 is 47.2 Å². The van der Waals surface area contributed by atoms with Crippen LogP contribution in [0.15, 0.2) is 136 Å². The predicted molar refractivity (Wildman–Crippen MR) is 288 cm³/mol. The highest BCUT2D eigenvalue weighted by Crippen LogP contribution is 2.43. The van der Waals surface area contributed by atoms with Crippen molar-refractivity contribution in [3.05, 3.63) is 138 Å². The van der Waals surface area contributed by atoms with Gasteiger partial charge in [0.1, 0.15) is 4.90 Å². The molecular formula is C54H60ClF3N6O6S3. The van der Waals surface area contributed by atoms with Gasteiger partial charge in [0.15, 0.2) is 0 Å². The zero-order valence-electron chi connectivity index (χ0n) is 41.1. The van der Waals surface area contributed by atoms with Crippen molar-refractivity contribution in [3.8, 4) is 22.4 Å². The average molecular weight is 1080 g/mol. The third kappa shape index (κ3) is 12.3. The number of likely N-dealkylation sites (tertiary alicyclic amines) is 1. The van der Waals surface area contributed by atoms with Gasteiger partial charge in [-0.3, -0.25) is 4.72 Å². The van der Waals surface area contributed by atoms with Gasteiger partial charge in [-0.05, 0) is 149 Å². The number of piperidine rings is 1. The average Bonchev–Trinajstić information content (AvgIpc) is 3.69. The summed E-state index contributed by atoms with van der Waals surface area (Å²) in [5, 5.41) is 14.2. The first-order chi connectivity index (χ1) is 34.7. The Hall–Kier alpha value is -5.66. The molecule has 12 nitrogen and oxygen atoms in total. The van der Waals surface area contributed by atoms with E-state index in [1.54, 1.807) is 36.4 Å². The number of thioether (sulfide) groups is 1. The Morgan fingerprint density at radius 1 is 0.795 bits per heavy atom. The van der Waals surface area contributed by atoms with E-state index in [1.165, 1.54) is 11.8 Å². The molecule has 6 aromatic rings. The van der Waals surface area contributed by atoms with E-state index in [1.807, 2.05) is 87.5 Å². The van der Waals surface area contributed by atoms with E-state index in [0.29, 0.717) is 73.2 Å². The van der Waals surface area contributed by atoms with E-state index in [0.717, 1.165) is 71.2 Å². The van der Waals surface area contributed by atoms with Gasteiger partial charge in [0.05, 0.1) is 21.8 Å². The molecule has 19 heteroatoms. The first kappa shape index (κ1) is 53.6. The number of sulfonamides is 1. The van der Waals surface area contributed by atoms with Crippen LogP contribution in [0.2, 0.25) is 5.02 Å². The van der Waals surface area contributed by atoms with E-state index in [9.17, 15) is 39.9 Å². The molecule has 388 valence electrons. The second-order valence-electron chi connectivity index (χ2n) is 19.0. The lowest BCUT2D eigenvalue weighted by Crippen LogP contribution is -2.46. The number of alkyl halides is 3. The molecule has 2 aliphatic rings. The summed E-state index contributed by atoms with van der Waals surface area (Å²) in [6.45, 7) is 13.0. The molecule has 0 bridgehead atoms. The largest absolute Gasteiger partial charge is 0.501 e. The van der Waals surface area contributed by atoms with Gasteiger partial charge >= 0.3 is 11.5 Å². The topological polar surface area (TPSA) is 144 Å². The van der Waals surface area contributed by atoms with E-state index in [-0.39, 0.29) is 23.0 Å². The number of carbonyl (C=O) groups is 1. The molecule has 73 heavy (non-hydrogen) atoms. The number of hydrogen-bond donors (Lipinski definition) is 3. The van der Waals surface area contributed by atoms with Crippen molar-refractivity contribution in [1.29, 1.82) is 0 Å². The summed E-state index contributed by atoms with van der Waals surface area (Å²) >= 11 is 7.75. The summed E-state index contributed by atoms with van der Waals surface area (Å²) in [5.74, 6) is 0.0108. The number of benzene rings is 5. The Bertz CT molecular complexity index is 3120. The van der Waals surface area contributed by atoms with Crippen molar-refractivity contribution in [2.24, 2.45) is 5.92 Å². The first-order valence-electron chi connectivity index (χ1n) is 24.3. The van der Waals surface area contributed by atoms with Gasteiger partial charge in [0.2, 0.25) is 0 Å². The molecule has 2 saturated heterocycles. The Labute approximate surface area is 435 Å². The fourth-order valence-corrected chi connectivity index (χ4v) is 12.9. The number of piperazine rings is 1. The molecule has 0 spiro atoms. The highest BCUT2D eigenvalue weighted by Gasteiger charge is 2.48. The highest BCUT2D eigenvalue weighted by molar-refractivity contribution is 7.99. The van der Waals surface area contributed by atoms with Crippen LogP contribution in [-0.2, 0) is 19.9 Å². The zero-order valence-corrected chi connectivity index (χ0v) is 44.3. The van der Waals surface area contributed by atoms with Crippen LogP contribution in [0.25, 0.3) is 22.4 Å². The fraction of sp³-hybridized carbons (Fsp3) is 0.352. The second kappa shape index (κ2) is 22.4. The summed E-state index contributed by atoms with van der Waals surface area (Å²) in [6, 6.07) is 33.7. The summed E-state index contributed by atoms with van der Waals surface area (Å²) < 4.78 is 101. The highest BCUT2D eigenvalue weighted by atomic mass is 35.5. The number of halogens is 4. The minimum absolute atomic E-state index is 0.0266. The maximum absolute atomic E-state index is 14.3. The summed E-state index contributed by atoms with van der Waals surface area (Å²) in [4.78, 5) is 18.7. The van der Waals surface area contributed by atoms with Crippen molar-refractivity contribution in [1.82, 2.24) is 9.47 Å². The zero-order chi connectivity index (χ0) is 52.2. The molecule has 0 unspecified atom stereocenters. The summed E-state index contributed by atoms with van der Waals surface area (Å²) in [6.07, 6.45) is 2.59. The normalized spacial score (nSPS) is 15.7. The number of aromatic carboxylic acids is 1. The third-order valence-corrected chi connectivity index (χ3v) is 18.0. The smallest absolute Gasteiger partial charge is 0.478 e. The van der Waals surface area contributed by atoms with Crippen molar-refractivity contribution >= 4 is 71.9 Å². The molecule has 1 aromatic heterocycles. The van der Waals surface area contributed by atoms with E-state index >= 15 is 0 Å². The van der Waals surface area contributed by atoms with Crippen LogP contribution in [0, 0.1) is 12.8 Å². The maximum atomic E-state index is 14.3. The van der Waals surface area contributed by atoms with Crippen LogP contribution in [0.1, 0.15) is 62.1 Å². The Morgan fingerprint density at radius 2 is 1.44 bits per heavy atom. The number of carboxylic acids is 1. The molecule has 2 fully saturated rings. The minimum Gasteiger partial charge on any atom is -0.478 e. The molecule has 0 radical (unpaired) electrons. The number of anilines is 4. The molecular weight excluding hydrogens is 1020 g/mol. The molecule has 0 aliphatic carbocycles. The number of carboxylic acid groups (broad SMARTS) is 1. The lowest BCUT2D eigenvalue weighted by atomic mass is 9.96. The molecule has 3 heterocycles. The summed E-state index contributed by atoms with van der Waals surface area (Å²) in [7, 11) is -10.6. The SMILES string of the molecule is Cc1c(C(=O)O)c(-c2cccc(N3CCN(c4ccc(NS(=O)(=O)c5ccc(N[C@H](CCN6CCC(C)CC6)CSc6ccccc6)c(S(=O)(=O)C(F)(F)F)c5)cc4)CC3)c2)c(-c2ccc(Cl)cc2)n1C(C)C. The van der Waals surface area contributed by atoms with Crippen molar-refractivity contribution in [2.75, 3.05) is 71.4 Å². The molecule has 0 saturated carbocycles. The molecule has 2 aliphatic heterocycles. The second-order valence-corrected chi connectivity index (χ2v) is 24.1. The molecule has 3 N–H and O–H groups in total. The third-order valence-electron chi connectivity index (χ3n) is 13.6. The van der Waals surface area contributed by atoms with Gasteiger partial charge in [0, 0.05) is 88.8 Å². The number of aromatic nitrogens is 1. The predicted octanol–water partition coefficient (Wildman–Crippen LogP) is 12.2. The number of nitrogens with zero attached hydrogens (tertiary/aromatic N) is 4. The Morgan fingerprint density at radius 3 is 2.05 bits per heavy atom. The van der Waals surface area contributed by atoms with Crippen LogP contribution >= 0.6 is 23.4 Å². The number of rotatable bonds is 18. The quantitative estimate of drug-likeness (QED) is 0.0708. The lowest BCUT2D eigenvalue weighted by molar-refractivity contribution is -0.0436. The van der Waals surface area contributed by atoms with Gasteiger partial charge < -0.3 is 29.7 Å². The van der Waals surface area contributed by atoms with Crippen LogP contribution < -0.4 is 19.8 Å². The number of nitrogens with one attached hydrogen (secondary N) is 2. The monoisotopic (exact) mass is 1080 g/mol. The Balaban J connectivity index is 0.969. The van der Waals surface area contributed by atoms with Gasteiger partial charge in [-0.25, -0.2) is 21.6 Å². The van der Waals surface area contributed by atoms with Crippen LogP contribution in [0.3, 0.4) is 0 Å². The van der Waals surface area contributed by atoms with Gasteiger partial charge in [-0.1, -0.05) is 61.0 Å². The molecule has 5 aromatic carbocycles. The van der Waals surface area contributed by atoms with E-state index in [4.69, 9.17) is 11.6 Å². The Kier molecular flexibility index (Phi) is 16.5.